The third-order valence-corrected chi connectivity index (χ3v) is 4.58. The molecule has 0 aromatic carbocycles. The molecule has 1 unspecified atom stereocenters. The Bertz CT molecular complexity index is 900. The fourth-order valence-electron chi connectivity index (χ4n) is 3.47. The topological polar surface area (TPSA) is 93.9 Å². The highest BCUT2D eigenvalue weighted by Crippen LogP contribution is 2.48. The standard InChI is InChI=1S/C17H17F3N4O2/c1-16(2)5-10(25)14-11(6-16)26-15(22)8(7-21)13(14)9-4-12(17(18,19)20)23-24(9)3/h4,13H,5-6,22H2,1-3H3. The number of rotatable bonds is 1. The van der Waals surface area contributed by atoms with Crippen LogP contribution in [0.25, 0.3) is 0 Å². The van der Waals surface area contributed by atoms with Crippen molar-refractivity contribution >= 4 is 5.78 Å². The zero-order valence-electron chi connectivity index (χ0n) is 14.4. The highest BCUT2D eigenvalue weighted by Gasteiger charge is 2.45. The molecule has 138 valence electrons. The molecule has 2 heterocycles. The maximum atomic E-state index is 13.0. The van der Waals surface area contributed by atoms with Crippen molar-refractivity contribution in [3.05, 3.63) is 40.2 Å². The van der Waals surface area contributed by atoms with Gasteiger partial charge in [-0.05, 0) is 11.5 Å². The van der Waals surface area contributed by atoms with Crippen LogP contribution in [0.15, 0.2) is 28.9 Å². The molecule has 3 rings (SSSR count). The molecule has 0 saturated heterocycles. The van der Waals surface area contributed by atoms with Crippen molar-refractivity contribution in [2.45, 2.75) is 38.8 Å². The van der Waals surface area contributed by atoms with Gasteiger partial charge in [0.05, 0.1) is 11.6 Å². The quantitative estimate of drug-likeness (QED) is 0.825. The summed E-state index contributed by atoms with van der Waals surface area (Å²) in [6.07, 6.45) is -4.04. The largest absolute Gasteiger partial charge is 0.444 e. The van der Waals surface area contributed by atoms with Crippen LogP contribution >= 0.6 is 0 Å². The molecule has 1 aromatic rings. The van der Waals surface area contributed by atoms with Crippen LogP contribution in [0.4, 0.5) is 13.2 Å². The summed E-state index contributed by atoms with van der Waals surface area (Å²) in [6.45, 7) is 3.77. The number of carbonyl (C=O) groups excluding carboxylic acids is 1. The first kappa shape index (κ1) is 18.0. The molecule has 0 saturated carbocycles. The zero-order chi connectivity index (χ0) is 19.4. The van der Waals surface area contributed by atoms with Gasteiger partial charge in [0.15, 0.2) is 11.5 Å². The smallest absolute Gasteiger partial charge is 0.435 e. The van der Waals surface area contributed by atoms with Crippen LogP contribution in [0, 0.1) is 16.7 Å². The van der Waals surface area contributed by atoms with Gasteiger partial charge in [0, 0.05) is 25.5 Å². The summed E-state index contributed by atoms with van der Waals surface area (Å²) >= 11 is 0. The van der Waals surface area contributed by atoms with Gasteiger partial charge in [-0.1, -0.05) is 13.8 Å². The Morgan fingerprint density at radius 2 is 2.08 bits per heavy atom. The predicted molar refractivity (Wildman–Crippen MR) is 83.9 cm³/mol. The van der Waals surface area contributed by atoms with E-state index in [2.05, 4.69) is 5.10 Å². The number of halogens is 3. The maximum absolute atomic E-state index is 13.0. The minimum absolute atomic E-state index is 0.0701. The second kappa shape index (κ2) is 5.62. The lowest BCUT2D eigenvalue weighted by Crippen LogP contribution is -2.34. The Hall–Kier alpha value is -2.76. The number of ketones is 1. The van der Waals surface area contributed by atoms with Crippen LogP contribution in [-0.2, 0) is 22.8 Å². The average molecular weight is 366 g/mol. The average Bonchev–Trinajstić information content (AvgIpc) is 2.86. The molecular weight excluding hydrogens is 349 g/mol. The number of carbonyl (C=O) groups is 1. The van der Waals surface area contributed by atoms with Gasteiger partial charge in [-0.2, -0.15) is 23.5 Å². The van der Waals surface area contributed by atoms with Crippen LogP contribution in [0.3, 0.4) is 0 Å². The first-order chi connectivity index (χ1) is 11.9. The van der Waals surface area contributed by atoms with Crippen molar-refractivity contribution in [2.24, 2.45) is 18.2 Å². The number of allylic oxidation sites excluding steroid dienone is 3. The van der Waals surface area contributed by atoms with E-state index >= 15 is 0 Å². The highest BCUT2D eigenvalue weighted by molar-refractivity contribution is 5.99. The molecule has 0 bridgehead atoms. The van der Waals surface area contributed by atoms with Gasteiger partial charge in [-0.15, -0.1) is 0 Å². The summed E-state index contributed by atoms with van der Waals surface area (Å²) in [5.41, 5.74) is 4.55. The second-order valence-corrected chi connectivity index (χ2v) is 7.28. The van der Waals surface area contributed by atoms with E-state index in [0.29, 0.717) is 12.2 Å². The Morgan fingerprint density at radius 1 is 1.42 bits per heavy atom. The Balaban J connectivity index is 2.21. The van der Waals surface area contributed by atoms with Gasteiger partial charge in [0.1, 0.15) is 17.4 Å². The number of nitriles is 1. The van der Waals surface area contributed by atoms with Crippen LogP contribution in [0.2, 0.25) is 0 Å². The number of aryl methyl sites for hydroxylation is 1. The van der Waals surface area contributed by atoms with Crippen LogP contribution in [0.1, 0.15) is 44.0 Å². The van der Waals surface area contributed by atoms with Crippen molar-refractivity contribution in [3.63, 3.8) is 0 Å². The molecule has 2 aliphatic rings. The lowest BCUT2D eigenvalue weighted by Gasteiger charge is -2.37. The van der Waals surface area contributed by atoms with Crippen molar-refractivity contribution < 1.29 is 22.7 Å². The minimum atomic E-state index is -4.64. The second-order valence-electron chi connectivity index (χ2n) is 7.28. The molecule has 0 spiro atoms. The van der Waals surface area contributed by atoms with Crippen LogP contribution in [-0.4, -0.2) is 15.6 Å². The van der Waals surface area contributed by atoms with Gasteiger partial charge in [0.25, 0.3) is 0 Å². The number of Topliss-reactive ketones (excluding diaryl/α,β-unsaturated/α-hetero) is 1. The van der Waals surface area contributed by atoms with Gasteiger partial charge < -0.3 is 10.5 Å². The van der Waals surface area contributed by atoms with Crippen LogP contribution in [0.5, 0.6) is 0 Å². The molecule has 1 aromatic heterocycles. The highest BCUT2D eigenvalue weighted by atomic mass is 19.4. The molecule has 6 nitrogen and oxygen atoms in total. The number of hydrogen-bond donors (Lipinski definition) is 1. The fraction of sp³-hybridized carbons (Fsp3) is 0.471. The molecule has 26 heavy (non-hydrogen) atoms. The van der Waals surface area contributed by atoms with E-state index in [1.54, 1.807) is 0 Å². The summed E-state index contributed by atoms with van der Waals surface area (Å²) in [5.74, 6) is -1.18. The van der Waals surface area contributed by atoms with Crippen LogP contribution < -0.4 is 5.73 Å². The zero-order valence-corrected chi connectivity index (χ0v) is 14.4. The van der Waals surface area contributed by atoms with E-state index in [4.69, 9.17) is 10.5 Å². The lowest BCUT2D eigenvalue weighted by atomic mass is 9.71. The summed E-state index contributed by atoms with van der Waals surface area (Å²) in [5, 5.41) is 13.0. The Morgan fingerprint density at radius 3 is 2.62 bits per heavy atom. The SMILES string of the molecule is Cn1nc(C(F)(F)F)cc1C1C(C#N)=C(N)OC2=C1C(=O)CC(C)(C)C2. The van der Waals surface area contributed by atoms with Crippen molar-refractivity contribution in [3.8, 4) is 6.07 Å². The number of ether oxygens (including phenoxy) is 1. The Kier molecular flexibility index (Phi) is 3.90. The molecule has 0 radical (unpaired) electrons. The normalized spacial score (nSPS) is 22.8. The van der Waals surface area contributed by atoms with E-state index in [1.165, 1.54) is 7.05 Å². The first-order valence-electron chi connectivity index (χ1n) is 7.89. The lowest BCUT2D eigenvalue weighted by molar-refractivity contribution is -0.141. The molecule has 1 atom stereocenters. The van der Waals surface area contributed by atoms with Gasteiger partial charge >= 0.3 is 6.18 Å². The Labute approximate surface area is 147 Å². The summed E-state index contributed by atoms with van der Waals surface area (Å²) in [7, 11) is 1.34. The van der Waals surface area contributed by atoms with Crippen molar-refractivity contribution in [1.29, 1.82) is 5.26 Å². The number of nitrogens with zero attached hydrogens (tertiary/aromatic N) is 3. The van der Waals surface area contributed by atoms with Gasteiger partial charge in [-0.3, -0.25) is 9.48 Å². The van der Waals surface area contributed by atoms with Gasteiger partial charge in [-0.25, -0.2) is 0 Å². The minimum Gasteiger partial charge on any atom is -0.444 e. The number of nitrogens with two attached hydrogens (primary N) is 1. The molecule has 1 aliphatic carbocycles. The molecular formula is C17H17F3N4O2. The number of aromatic nitrogens is 2. The summed E-state index contributed by atoms with van der Waals surface area (Å²) in [6, 6.07) is 2.72. The van der Waals surface area contributed by atoms with Gasteiger partial charge in [0.2, 0.25) is 5.88 Å². The van der Waals surface area contributed by atoms with Crippen molar-refractivity contribution in [1.82, 2.24) is 9.78 Å². The fourth-order valence-corrected chi connectivity index (χ4v) is 3.47. The van der Waals surface area contributed by atoms with Crippen molar-refractivity contribution in [2.75, 3.05) is 0 Å². The number of hydrogen-bond acceptors (Lipinski definition) is 5. The maximum Gasteiger partial charge on any atom is 0.435 e. The summed E-state index contributed by atoms with van der Waals surface area (Å²) in [4.78, 5) is 12.7. The van der Waals surface area contributed by atoms with E-state index in [9.17, 15) is 23.2 Å². The third-order valence-electron chi connectivity index (χ3n) is 4.58. The number of alkyl halides is 3. The first-order valence-corrected chi connectivity index (χ1v) is 7.89. The molecule has 9 heteroatoms. The molecule has 0 amide bonds. The molecule has 2 N–H and O–H groups in total. The third kappa shape index (κ3) is 2.85. The van der Waals surface area contributed by atoms with E-state index in [0.717, 1.165) is 10.7 Å². The summed E-state index contributed by atoms with van der Waals surface area (Å²) < 4.78 is 45.6. The molecule has 0 fully saturated rings. The molecule has 1 aliphatic heterocycles. The van der Waals surface area contributed by atoms with E-state index < -0.39 is 17.8 Å². The van der Waals surface area contributed by atoms with E-state index in [1.807, 2.05) is 19.9 Å². The van der Waals surface area contributed by atoms with E-state index in [-0.39, 0.29) is 40.3 Å². The monoisotopic (exact) mass is 366 g/mol. The predicted octanol–water partition coefficient (Wildman–Crippen LogP) is 2.89.